The molecule has 2 aromatic rings. The lowest BCUT2D eigenvalue weighted by molar-refractivity contribution is -0.143. The third-order valence-corrected chi connectivity index (χ3v) is 6.24. The van der Waals surface area contributed by atoms with Crippen molar-refractivity contribution in [3.8, 4) is 0 Å². The van der Waals surface area contributed by atoms with Gasteiger partial charge in [0.05, 0.1) is 12.7 Å². The Morgan fingerprint density at radius 1 is 0.903 bits per heavy atom. The molecule has 0 fully saturated rings. The van der Waals surface area contributed by atoms with Crippen molar-refractivity contribution >= 4 is 29.2 Å². The van der Waals surface area contributed by atoms with Crippen molar-refractivity contribution in [1.29, 1.82) is 0 Å². The Hall–Kier alpha value is -3.15. The van der Waals surface area contributed by atoms with Gasteiger partial charge in [0.2, 0.25) is 5.91 Å². The van der Waals surface area contributed by atoms with Crippen LogP contribution in [-0.2, 0) is 25.2 Å². The second-order valence-corrected chi connectivity index (χ2v) is 9.33. The number of fused-ring (bicyclic) bond motifs is 1. The summed E-state index contributed by atoms with van der Waals surface area (Å²) in [5, 5.41) is 9.19. The molecule has 164 valence electrons. The van der Waals surface area contributed by atoms with Gasteiger partial charge in [0, 0.05) is 11.4 Å². The summed E-state index contributed by atoms with van der Waals surface area (Å²) in [4.78, 5) is 37.6. The van der Waals surface area contributed by atoms with Crippen molar-refractivity contribution in [1.82, 2.24) is 0 Å². The molecule has 3 rings (SSSR count). The smallest absolute Gasteiger partial charge is 0.335 e. The summed E-state index contributed by atoms with van der Waals surface area (Å²) in [7, 11) is 1.24. The molecule has 1 N–H and O–H groups in total. The molecule has 0 saturated heterocycles. The van der Waals surface area contributed by atoms with E-state index in [1.807, 2.05) is 12.1 Å². The standard InChI is InChI=1S/C25H29NO5/c1-24(2)12-13-25(3,4)20-14-18(10-11-19(20)24)26(21(27)15-22(28)31-5)17-8-6-16(7-9-17)23(29)30/h6-11,14H,12-13,15H2,1-5H3,(H,29,30). The lowest BCUT2D eigenvalue weighted by Crippen LogP contribution is -2.34. The van der Waals surface area contributed by atoms with Gasteiger partial charge in [0.25, 0.3) is 0 Å². The number of nitrogens with zero attached hydrogens (tertiary/aromatic N) is 1. The summed E-state index contributed by atoms with van der Waals surface area (Å²) in [5.74, 6) is -2.11. The lowest BCUT2D eigenvalue weighted by atomic mass is 9.63. The van der Waals surface area contributed by atoms with E-state index in [-0.39, 0.29) is 16.4 Å². The molecule has 0 atom stereocenters. The van der Waals surface area contributed by atoms with Crippen LogP contribution in [0, 0.1) is 0 Å². The molecule has 0 unspecified atom stereocenters. The van der Waals surface area contributed by atoms with Crippen LogP contribution in [0.4, 0.5) is 11.4 Å². The largest absolute Gasteiger partial charge is 0.478 e. The molecule has 0 heterocycles. The van der Waals surface area contributed by atoms with Crippen molar-refractivity contribution in [2.24, 2.45) is 0 Å². The van der Waals surface area contributed by atoms with Crippen molar-refractivity contribution < 1.29 is 24.2 Å². The number of benzene rings is 2. The van der Waals surface area contributed by atoms with Crippen LogP contribution in [0.1, 0.15) is 68.4 Å². The van der Waals surface area contributed by atoms with Gasteiger partial charge in [-0.05, 0) is 71.2 Å². The molecule has 31 heavy (non-hydrogen) atoms. The molecule has 0 saturated carbocycles. The van der Waals surface area contributed by atoms with Crippen molar-refractivity contribution in [3.63, 3.8) is 0 Å². The maximum absolute atomic E-state index is 13.1. The number of rotatable bonds is 5. The maximum Gasteiger partial charge on any atom is 0.335 e. The first-order valence-electron chi connectivity index (χ1n) is 10.3. The predicted molar refractivity (Wildman–Crippen MR) is 119 cm³/mol. The van der Waals surface area contributed by atoms with Crippen LogP contribution in [0.2, 0.25) is 0 Å². The number of ether oxygens (including phenoxy) is 1. The van der Waals surface area contributed by atoms with E-state index >= 15 is 0 Å². The minimum Gasteiger partial charge on any atom is -0.478 e. The molecule has 6 nitrogen and oxygen atoms in total. The Kier molecular flexibility index (Phi) is 5.94. The Bertz CT molecular complexity index is 1020. The number of carboxylic acid groups (broad SMARTS) is 1. The first-order chi connectivity index (χ1) is 14.5. The van der Waals surface area contributed by atoms with E-state index in [0.717, 1.165) is 12.8 Å². The first kappa shape index (κ1) is 22.5. The zero-order valence-corrected chi connectivity index (χ0v) is 18.7. The van der Waals surface area contributed by atoms with Crippen LogP contribution in [0.15, 0.2) is 42.5 Å². The van der Waals surface area contributed by atoms with Gasteiger partial charge in [-0.25, -0.2) is 4.79 Å². The Balaban J connectivity index is 2.12. The van der Waals surface area contributed by atoms with Crippen LogP contribution in [-0.4, -0.2) is 30.1 Å². The van der Waals surface area contributed by atoms with Gasteiger partial charge in [-0.3, -0.25) is 14.5 Å². The van der Waals surface area contributed by atoms with E-state index < -0.39 is 24.3 Å². The summed E-state index contributed by atoms with van der Waals surface area (Å²) in [5.41, 5.74) is 3.68. The third-order valence-electron chi connectivity index (χ3n) is 6.24. The number of anilines is 2. The molecule has 1 amide bonds. The van der Waals surface area contributed by atoms with Gasteiger partial charge in [0.1, 0.15) is 6.42 Å². The summed E-state index contributed by atoms with van der Waals surface area (Å²) in [6.45, 7) is 8.86. The summed E-state index contributed by atoms with van der Waals surface area (Å²) in [6.07, 6.45) is 1.69. The lowest BCUT2D eigenvalue weighted by Gasteiger charge is -2.42. The molecule has 1 aliphatic rings. The molecule has 1 aliphatic carbocycles. The van der Waals surface area contributed by atoms with Crippen LogP contribution < -0.4 is 4.90 Å². The van der Waals surface area contributed by atoms with E-state index in [1.165, 1.54) is 35.3 Å². The summed E-state index contributed by atoms with van der Waals surface area (Å²) in [6, 6.07) is 12.0. The average Bonchev–Trinajstić information content (AvgIpc) is 2.72. The van der Waals surface area contributed by atoms with Crippen LogP contribution >= 0.6 is 0 Å². The fourth-order valence-corrected chi connectivity index (χ4v) is 4.18. The molecular weight excluding hydrogens is 394 g/mol. The SMILES string of the molecule is COC(=O)CC(=O)N(c1ccc(C(=O)O)cc1)c1ccc2c(c1)C(C)(C)CCC2(C)C. The second kappa shape index (κ2) is 8.17. The van der Waals surface area contributed by atoms with E-state index in [2.05, 4.69) is 38.5 Å². The molecule has 0 bridgehead atoms. The molecule has 0 aliphatic heterocycles. The highest BCUT2D eigenvalue weighted by molar-refractivity contribution is 6.08. The third kappa shape index (κ3) is 4.48. The van der Waals surface area contributed by atoms with Crippen LogP contribution in [0.3, 0.4) is 0 Å². The van der Waals surface area contributed by atoms with Gasteiger partial charge in [-0.15, -0.1) is 0 Å². The number of carboxylic acids is 1. The van der Waals surface area contributed by atoms with Gasteiger partial charge < -0.3 is 9.84 Å². The molecule has 2 aromatic carbocycles. The minimum atomic E-state index is -1.04. The van der Waals surface area contributed by atoms with Gasteiger partial charge in [-0.1, -0.05) is 33.8 Å². The van der Waals surface area contributed by atoms with Gasteiger partial charge in [0.15, 0.2) is 0 Å². The molecular formula is C25H29NO5. The Morgan fingerprint density at radius 3 is 2.00 bits per heavy atom. The number of methoxy groups -OCH3 is 1. The van der Waals surface area contributed by atoms with Gasteiger partial charge >= 0.3 is 11.9 Å². The van der Waals surface area contributed by atoms with E-state index in [1.54, 1.807) is 12.1 Å². The molecule has 0 spiro atoms. The highest BCUT2D eigenvalue weighted by atomic mass is 16.5. The number of hydrogen-bond donors (Lipinski definition) is 1. The topological polar surface area (TPSA) is 83.9 Å². The quantitative estimate of drug-likeness (QED) is 0.543. The van der Waals surface area contributed by atoms with E-state index in [4.69, 9.17) is 0 Å². The van der Waals surface area contributed by atoms with E-state index in [9.17, 15) is 19.5 Å². The average molecular weight is 424 g/mol. The predicted octanol–water partition coefficient (Wildman–Crippen LogP) is 4.96. The van der Waals surface area contributed by atoms with Gasteiger partial charge in [-0.2, -0.15) is 0 Å². The van der Waals surface area contributed by atoms with Crippen molar-refractivity contribution in [2.75, 3.05) is 12.0 Å². The number of hydrogen-bond acceptors (Lipinski definition) is 4. The normalized spacial score (nSPS) is 16.2. The number of amides is 1. The monoisotopic (exact) mass is 423 g/mol. The summed E-state index contributed by atoms with van der Waals surface area (Å²) >= 11 is 0. The number of esters is 1. The van der Waals surface area contributed by atoms with Crippen molar-refractivity contribution in [3.05, 3.63) is 59.2 Å². The molecule has 0 aromatic heterocycles. The zero-order chi connectivity index (χ0) is 23.0. The maximum atomic E-state index is 13.1. The highest BCUT2D eigenvalue weighted by Gasteiger charge is 2.37. The highest BCUT2D eigenvalue weighted by Crippen LogP contribution is 2.47. The Labute approximate surface area is 182 Å². The van der Waals surface area contributed by atoms with Crippen molar-refractivity contribution in [2.45, 2.75) is 57.8 Å². The second-order valence-electron chi connectivity index (χ2n) is 9.33. The minimum absolute atomic E-state index is 0.0351. The zero-order valence-electron chi connectivity index (χ0n) is 18.7. The number of aromatic carboxylic acids is 1. The van der Waals surface area contributed by atoms with Crippen LogP contribution in [0.25, 0.3) is 0 Å². The molecule has 0 radical (unpaired) electrons. The molecule has 6 heteroatoms. The first-order valence-corrected chi connectivity index (χ1v) is 10.3. The fourth-order valence-electron chi connectivity index (χ4n) is 4.18. The fraction of sp³-hybridized carbons (Fsp3) is 0.400. The summed E-state index contributed by atoms with van der Waals surface area (Å²) < 4.78 is 4.68. The number of carbonyl (C=O) groups is 3. The van der Waals surface area contributed by atoms with Crippen LogP contribution in [0.5, 0.6) is 0 Å². The number of carbonyl (C=O) groups excluding carboxylic acids is 2. The van der Waals surface area contributed by atoms with E-state index in [0.29, 0.717) is 11.4 Å². The Morgan fingerprint density at radius 2 is 1.45 bits per heavy atom.